The van der Waals surface area contributed by atoms with Gasteiger partial charge >= 0.3 is 0 Å². The van der Waals surface area contributed by atoms with Gasteiger partial charge in [0.25, 0.3) is 11.1 Å². The second-order valence-electron chi connectivity index (χ2n) is 6.73. The Hall–Kier alpha value is -2.51. The minimum Gasteiger partial charge on any atom is -0.497 e. The number of methoxy groups -OCH3 is 1. The molecule has 0 saturated carbocycles. The van der Waals surface area contributed by atoms with Crippen LogP contribution >= 0.6 is 22.9 Å². The molecule has 8 heteroatoms. The van der Waals surface area contributed by atoms with Crippen LogP contribution in [0.5, 0.6) is 16.7 Å². The van der Waals surface area contributed by atoms with Crippen molar-refractivity contribution in [3.63, 3.8) is 0 Å². The van der Waals surface area contributed by atoms with Gasteiger partial charge in [-0.1, -0.05) is 29.0 Å². The molecule has 0 bridgehead atoms. The highest BCUT2D eigenvalue weighted by atomic mass is 35.5. The molecule has 1 aromatic heterocycles. The molecular weight excluding hydrogens is 412 g/mol. The van der Waals surface area contributed by atoms with Crippen LogP contribution in [-0.4, -0.2) is 48.7 Å². The van der Waals surface area contributed by atoms with Crippen molar-refractivity contribution in [2.24, 2.45) is 0 Å². The van der Waals surface area contributed by atoms with Gasteiger partial charge in [-0.15, -0.1) is 0 Å². The summed E-state index contributed by atoms with van der Waals surface area (Å²) in [5, 5.41) is 1.26. The van der Waals surface area contributed by atoms with Gasteiger partial charge in [-0.25, -0.2) is 4.98 Å². The van der Waals surface area contributed by atoms with E-state index in [-0.39, 0.29) is 18.6 Å². The van der Waals surface area contributed by atoms with Crippen LogP contribution in [0.3, 0.4) is 0 Å². The number of benzene rings is 2. The molecule has 0 spiro atoms. The van der Waals surface area contributed by atoms with E-state index in [0.29, 0.717) is 29.1 Å². The summed E-state index contributed by atoms with van der Waals surface area (Å²) in [6, 6.07) is 12.9. The molecule has 0 radical (unpaired) electrons. The lowest BCUT2D eigenvalue weighted by Gasteiger charge is -2.31. The second-order valence-corrected chi connectivity index (χ2v) is 8.13. The number of thiazole rings is 1. The molecule has 1 aliphatic heterocycles. The highest BCUT2D eigenvalue weighted by Crippen LogP contribution is 2.33. The van der Waals surface area contributed by atoms with Gasteiger partial charge in [-0.05, 0) is 36.4 Å². The van der Waals surface area contributed by atoms with Gasteiger partial charge in [-0.3, -0.25) is 4.79 Å². The van der Waals surface area contributed by atoms with Crippen LogP contribution in [0.1, 0.15) is 12.8 Å². The Morgan fingerprint density at radius 1 is 1.17 bits per heavy atom. The molecule has 1 amide bonds. The standard InChI is InChI=1S/C21H21ClN2O4S/c1-26-14-5-7-15(8-6-14)27-13-19(25)24-11-9-16(10-12-24)28-21-23-20-17(22)3-2-4-18(20)29-21/h2-8,16H,9-13H2,1H3. The molecule has 2 aromatic carbocycles. The number of piperidine rings is 1. The number of fused-ring (bicyclic) bond motifs is 1. The van der Waals surface area contributed by atoms with E-state index in [9.17, 15) is 4.79 Å². The van der Waals surface area contributed by atoms with Crippen molar-refractivity contribution in [2.75, 3.05) is 26.8 Å². The predicted octanol–water partition coefficient (Wildman–Crippen LogP) is 4.41. The van der Waals surface area contributed by atoms with E-state index >= 15 is 0 Å². The van der Waals surface area contributed by atoms with Gasteiger partial charge in [0.15, 0.2) is 6.61 Å². The van der Waals surface area contributed by atoms with Crippen LogP contribution in [-0.2, 0) is 4.79 Å². The number of para-hydroxylation sites is 1. The Bertz CT molecular complexity index is 984. The molecule has 3 aromatic rings. The molecule has 1 aliphatic rings. The quantitative estimate of drug-likeness (QED) is 0.577. The fraction of sp³-hybridized carbons (Fsp3) is 0.333. The van der Waals surface area contributed by atoms with Gasteiger partial charge in [0.05, 0.1) is 16.8 Å². The van der Waals surface area contributed by atoms with Gasteiger partial charge in [0, 0.05) is 25.9 Å². The molecule has 4 rings (SSSR count). The molecule has 0 aliphatic carbocycles. The van der Waals surface area contributed by atoms with Crippen molar-refractivity contribution in [3.8, 4) is 16.7 Å². The zero-order valence-corrected chi connectivity index (χ0v) is 17.5. The highest BCUT2D eigenvalue weighted by molar-refractivity contribution is 7.20. The van der Waals surface area contributed by atoms with Crippen LogP contribution in [0, 0.1) is 0 Å². The summed E-state index contributed by atoms with van der Waals surface area (Å²) in [6.07, 6.45) is 1.57. The Morgan fingerprint density at radius 2 is 1.90 bits per heavy atom. The van der Waals surface area contributed by atoms with E-state index in [1.54, 1.807) is 31.4 Å². The SMILES string of the molecule is COc1ccc(OCC(=O)N2CCC(Oc3nc4c(Cl)cccc4s3)CC2)cc1. The smallest absolute Gasteiger partial charge is 0.274 e. The summed E-state index contributed by atoms with van der Waals surface area (Å²) in [7, 11) is 1.61. The third kappa shape index (κ3) is 4.74. The van der Waals surface area contributed by atoms with Crippen LogP contribution in [0.4, 0.5) is 0 Å². The first-order chi connectivity index (χ1) is 14.1. The van der Waals surface area contributed by atoms with Gasteiger partial charge < -0.3 is 19.1 Å². The lowest BCUT2D eigenvalue weighted by molar-refractivity contribution is -0.135. The Kier molecular flexibility index (Phi) is 6.06. The minimum atomic E-state index is -0.0222. The van der Waals surface area contributed by atoms with Crippen LogP contribution in [0.25, 0.3) is 10.2 Å². The summed E-state index contributed by atoms with van der Waals surface area (Å²) in [5.74, 6) is 1.37. The van der Waals surface area contributed by atoms with E-state index in [2.05, 4.69) is 4.98 Å². The molecule has 6 nitrogen and oxygen atoms in total. The molecule has 2 heterocycles. The molecule has 29 heavy (non-hydrogen) atoms. The topological polar surface area (TPSA) is 60.9 Å². The van der Waals surface area contributed by atoms with Crippen molar-refractivity contribution in [2.45, 2.75) is 18.9 Å². The number of hydrogen-bond acceptors (Lipinski definition) is 6. The monoisotopic (exact) mass is 432 g/mol. The fourth-order valence-corrected chi connectivity index (χ4v) is 4.40. The Balaban J connectivity index is 1.25. The number of nitrogens with zero attached hydrogens (tertiary/aromatic N) is 2. The highest BCUT2D eigenvalue weighted by Gasteiger charge is 2.25. The van der Waals surface area contributed by atoms with Crippen LogP contribution < -0.4 is 14.2 Å². The minimum absolute atomic E-state index is 0.0220. The molecular formula is C21H21ClN2O4S. The van der Waals surface area contributed by atoms with E-state index in [4.69, 9.17) is 25.8 Å². The lowest BCUT2D eigenvalue weighted by atomic mass is 10.1. The summed E-state index contributed by atoms with van der Waals surface area (Å²) in [4.78, 5) is 18.7. The maximum absolute atomic E-state index is 12.4. The van der Waals surface area contributed by atoms with Crippen molar-refractivity contribution in [1.29, 1.82) is 0 Å². The number of amides is 1. The van der Waals surface area contributed by atoms with E-state index in [0.717, 1.165) is 28.8 Å². The summed E-state index contributed by atoms with van der Waals surface area (Å²) in [5.41, 5.74) is 0.775. The van der Waals surface area contributed by atoms with E-state index < -0.39 is 0 Å². The number of carbonyl (C=O) groups excluding carboxylic acids is 1. The number of rotatable bonds is 6. The fourth-order valence-electron chi connectivity index (χ4n) is 3.22. The third-order valence-electron chi connectivity index (χ3n) is 4.83. The third-order valence-corrected chi connectivity index (χ3v) is 6.05. The van der Waals surface area contributed by atoms with Crippen LogP contribution in [0.15, 0.2) is 42.5 Å². The summed E-state index contributed by atoms with van der Waals surface area (Å²) in [6.45, 7) is 1.30. The number of aromatic nitrogens is 1. The molecule has 1 fully saturated rings. The predicted molar refractivity (Wildman–Crippen MR) is 113 cm³/mol. The maximum Gasteiger partial charge on any atom is 0.274 e. The zero-order chi connectivity index (χ0) is 20.2. The number of ether oxygens (including phenoxy) is 3. The Labute approximate surface area is 178 Å². The Morgan fingerprint density at radius 3 is 2.59 bits per heavy atom. The van der Waals surface area contributed by atoms with Crippen LogP contribution in [0.2, 0.25) is 5.02 Å². The number of hydrogen-bond donors (Lipinski definition) is 0. The average Bonchev–Trinajstić information content (AvgIpc) is 3.17. The van der Waals surface area contributed by atoms with E-state index in [1.807, 2.05) is 23.1 Å². The lowest BCUT2D eigenvalue weighted by Crippen LogP contribution is -2.43. The molecule has 0 unspecified atom stereocenters. The molecule has 152 valence electrons. The summed E-state index contributed by atoms with van der Waals surface area (Å²) >= 11 is 7.68. The number of likely N-dealkylation sites (tertiary alicyclic amines) is 1. The first kappa shape index (κ1) is 19.8. The zero-order valence-electron chi connectivity index (χ0n) is 16.0. The average molecular weight is 433 g/mol. The van der Waals surface area contributed by atoms with Gasteiger partial charge in [-0.2, -0.15) is 0 Å². The van der Waals surface area contributed by atoms with Crippen molar-refractivity contribution in [3.05, 3.63) is 47.5 Å². The van der Waals surface area contributed by atoms with Gasteiger partial charge in [0.1, 0.15) is 23.1 Å². The summed E-state index contributed by atoms with van der Waals surface area (Å²) < 4.78 is 17.8. The van der Waals surface area contributed by atoms with Crippen molar-refractivity contribution >= 4 is 39.1 Å². The molecule has 1 saturated heterocycles. The van der Waals surface area contributed by atoms with E-state index in [1.165, 1.54) is 11.3 Å². The first-order valence-electron chi connectivity index (χ1n) is 9.39. The molecule has 0 N–H and O–H groups in total. The largest absolute Gasteiger partial charge is 0.497 e. The second kappa shape index (κ2) is 8.88. The number of halogens is 1. The molecule has 0 atom stereocenters. The van der Waals surface area contributed by atoms with Crippen molar-refractivity contribution in [1.82, 2.24) is 9.88 Å². The first-order valence-corrected chi connectivity index (χ1v) is 10.6. The van der Waals surface area contributed by atoms with Gasteiger partial charge in [0.2, 0.25) is 0 Å². The normalized spacial score (nSPS) is 14.8. The van der Waals surface area contributed by atoms with Crippen molar-refractivity contribution < 1.29 is 19.0 Å². The number of carbonyl (C=O) groups is 1. The maximum atomic E-state index is 12.4.